The van der Waals surface area contributed by atoms with Gasteiger partial charge in [-0.3, -0.25) is 9.52 Å². The fraction of sp³-hybridized carbons (Fsp3) is 0.235. The first-order valence-electron chi connectivity index (χ1n) is 7.64. The second-order valence-electron chi connectivity index (χ2n) is 5.61. The van der Waals surface area contributed by atoms with Crippen LogP contribution in [0.25, 0.3) is 0 Å². The van der Waals surface area contributed by atoms with E-state index in [0.29, 0.717) is 11.3 Å². The first-order chi connectivity index (χ1) is 12.5. The van der Waals surface area contributed by atoms with Gasteiger partial charge in [0.2, 0.25) is 0 Å². The van der Waals surface area contributed by atoms with Crippen LogP contribution in [0.5, 0.6) is 5.75 Å². The largest absolute Gasteiger partial charge is 0.497 e. The number of anilines is 1. The zero-order chi connectivity index (χ0) is 20.2. The third-order valence-electron chi connectivity index (χ3n) is 3.56. The van der Waals surface area contributed by atoms with Crippen molar-refractivity contribution in [1.29, 1.82) is 0 Å². The Morgan fingerprint density at radius 3 is 2.30 bits per heavy atom. The second-order valence-corrected chi connectivity index (χ2v) is 7.29. The Hall–Kier alpha value is -2.75. The van der Waals surface area contributed by atoms with E-state index in [1.807, 2.05) is 0 Å². The van der Waals surface area contributed by atoms with E-state index >= 15 is 0 Å². The summed E-state index contributed by atoms with van der Waals surface area (Å²) in [6.07, 6.45) is -4.57. The molecule has 0 fully saturated rings. The molecule has 0 heterocycles. The number of amides is 1. The Balaban J connectivity index is 2.25. The molecule has 0 saturated carbocycles. The molecule has 2 rings (SSSR count). The Kier molecular flexibility index (Phi) is 5.99. The van der Waals surface area contributed by atoms with Gasteiger partial charge < -0.3 is 10.1 Å². The van der Waals surface area contributed by atoms with Gasteiger partial charge in [-0.25, -0.2) is 8.42 Å². The summed E-state index contributed by atoms with van der Waals surface area (Å²) in [4.78, 5) is 11.7. The van der Waals surface area contributed by atoms with E-state index in [4.69, 9.17) is 4.74 Å². The highest BCUT2D eigenvalue weighted by molar-refractivity contribution is 7.92. The Labute approximate surface area is 154 Å². The van der Waals surface area contributed by atoms with Crippen molar-refractivity contribution >= 4 is 21.6 Å². The minimum Gasteiger partial charge on any atom is -0.497 e. The molecular formula is C17H17F3N2O4S. The predicted octanol–water partition coefficient (Wildman–Crippen LogP) is 3.10. The van der Waals surface area contributed by atoms with Gasteiger partial charge >= 0.3 is 6.18 Å². The van der Waals surface area contributed by atoms with Gasteiger partial charge in [-0.1, -0.05) is 6.07 Å². The van der Waals surface area contributed by atoms with Crippen LogP contribution in [0.2, 0.25) is 0 Å². The summed E-state index contributed by atoms with van der Waals surface area (Å²) in [6.45, 7) is -0.0118. The molecule has 0 unspecified atom stereocenters. The highest BCUT2D eigenvalue weighted by Gasteiger charge is 2.28. The summed E-state index contributed by atoms with van der Waals surface area (Å²) >= 11 is 0. The van der Waals surface area contributed by atoms with Crippen LogP contribution >= 0.6 is 0 Å². The number of sulfonamides is 1. The van der Waals surface area contributed by atoms with E-state index in [1.54, 1.807) is 17.4 Å². The number of hydrogen-bond donors (Lipinski definition) is 2. The Morgan fingerprint density at radius 2 is 1.74 bits per heavy atom. The van der Waals surface area contributed by atoms with Crippen molar-refractivity contribution < 1.29 is 31.1 Å². The number of alkyl halides is 3. The third-order valence-corrected chi connectivity index (χ3v) is 4.93. The average Bonchev–Trinajstić information content (AvgIpc) is 2.59. The summed E-state index contributed by atoms with van der Waals surface area (Å²) < 4.78 is 69.1. The van der Waals surface area contributed by atoms with Gasteiger partial charge in [0.25, 0.3) is 15.9 Å². The van der Waals surface area contributed by atoms with Crippen LogP contribution in [-0.2, 0) is 10.0 Å². The van der Waals surface area contributed by atoms with Crippen molar-refractivity contribution in [3.05, 3.63) is 53.6 Å². The van der Waals surface area contributed by atoms with E-state index < -0.39 is 28.7 Å². The van der Waals surface area contributed by atoms with Gasteiger partial charge in [0.05, 0.1) is 12.0 Å². The van der Waals surface area contributed by atoms with Crippen LogP contribution in [0.3, 0.4) is 0 Å². The Morgan fingerprint density at radius 1 is 1.11 bits per heavy atom. The maximum absolute atomic E-state index is 12.5. The molecule has 0 aliphatic heterocycles. The molecule has 1 amide bonds. The first-order valence-corrected chi connectivity index (χ1v) is 9.12. The number of benzene rings is 2. The molecule has 10 heteroatoms. The summed E-state index contributed by atoms with van der Waals surface area (Å²) in [7, 11) is -2.57. The zero-order valence-electron chi connectivity index (χ0n) is 14.4. The molecule has 0 atom stereocenters. The van der Waals surface area contributed by atoms with E-state index in [2.05, 4.69) is 4.72 Å². The van der Waals surface area contributed by atoms with Crippen LogP contribution in [0, 0.1) is 6.92 Å². The molecule has 0 aromatic heterocycles. The monoisotopic (exact) mass is 402 g/mol. The maximum atomic E-state index is 12.5. The second kappa shape index (κ2) is 7.87. The SMILES string of the molecule is COc1ccc(NS(=O)(=O)c2ccc(C)c(C(=O)NCC(F)(F)F)c2)cc1. The van der Waals surface area contributed by atoms with Crippen LogP contribution in [-0.4, -0.2) is 34.2 Å². The van der Waals surface area contributed by atoms with Crippen molar-refractivity contribution in [2.45, 2.75) is 18.0 Å². The fourth-order valence-corrected chi connectivity index (χ4v) is 3.25. The molecule has 2 aromatic carbocycles. The van der Waals surface area contributed by atoms with Crippen LogP contribution in [0.4, 0.5) is 18.9 Å². The lowest BCUT2D eigenvalue weighted by Gasteiger charge is -2.13. The normalized spacial score (nSPS) is 11.7. The number of carbonyl (C=O) groups excluding carboxylic acids is 1. The molecule has 2 N–H and O–H groups in total. The summed E-state index contributed by atoms with van der Waals surface area (Å²) in [6, 6.07) is 9.74. The topological polar surface area (TPSA) is 84.5 Å². The lowest BCUT2D eigenvalue weighted by atomic mass is 10.1. The van der Waals surface area contributed by atoms with Gasteiger partial charge in [0.1, 0.15) is 12.3 Å². The summed E-state index contributed by atoms with van der Waals surface area (Å²) in [5.74, 6) is -0.469. The van der Waals surface area contributed by atoms with Crippen molar-refractivity contribution in [2.75, 3.05) is 18.4 Å². The van der Waals surface area contributed by atoms with Gasteiger partial charge in [0, 0.05) is 11.3 Å². The number of nitrogens with one attached hydrogen (secondary N) is 2. The van der Waals surface area contributed by atoms with E-state index in [-0.39, 0.29) is 16.1 Å². The standard InChI is InChI=1S/C17H17F3N2O4S/c1-11-3-8-14(9-15(11)16(23)21-10-17(18,19)20)27(24,25)22-12-4-6-13(26-2)7-5-12/h3-9,22H,10H2,1-2H3,(H,21,23). The molecule has 0 radical (unpaired) electrons. The van der Waals surface area contributed by atoms with Crippen LogP contribution in [0.1, 0.15) is 15.9 Å². The summed E-state index contributed by atoms with van der Waals surface area (Å²) in [5, 5.41) is 1.73. The lowest BCUT2D eigenvalue weighted by molar-refractivity contribution is -0.123. The fourth-order valence-electron chi connectivity index (χ4n) is 2.16. The quantitative estimate of drug-likeness (QED) is 0.778. The van der Waals surface area contributed by atoms with Crippen molar-refractivity contribution in [3.63, 3.8) is 0 Å². The van der Waals surface area contributed by atoms with Gasteiger partial charge in [0.15, 0.2) is 0 Å². The minimum atomic E-state index is -4.57. The molecule has 0 saturated heterocycles. The first kappa shape index (κ1) is 20.6. The molecule has 27 heavy (non-hydrogen) atoms. The number of methoxy groups -OCH3 is 1. The van der Waals surface area contributed by atoms with Gasteiger partial charge in [-0.2, -0.15) is 13.2 Å². The smallest absolute Gasteiger partial charge is 0.405 e. The number of ether oxygens (including phenoxy) is 1. The zero-order valence-corrected chi connectivity index (χ0v) is 15.2. The van der Waals surface area contributed by atoms with Crippen molar-refractivity contribution in [1.82, 2.24) is 5.32 Å². The molecular weight excluding hydrogens is 385 g/mol. The number of aryl methyl sites for hydroxylation is 1. The number of hydrogen-bond acceptors (Lipinski definition) is 4. The predicted molar refractivity (Wildman–Crippen MR) is 93.4 cm³/mol. The van der Waals surface area contributed by atoms with E-state index in [1.165, 1.54) is 38.3 Å². The maximum Gasteiger partial charge on any atom is 0.405 e. The number of rotatable bonds is 6. The number of halogens is 3. The summed E-state index contributed by atoms with van der Waals surface area (Å²) in [5.41, 5.74) is 0.453. The average molecular weight is 402 g/mol. The molecule has 6 nitrogen and oxygen atoms in total. The number of carbonyl (C=O) groups is 1. The molecule has 0 spiro atoms. The van der Waals surface area contributed by atoms with E-state index in [9.17, 15) is 26.4 Å². The van der Waals surface area contributed by atoms with Crippen molar-refractivity contribution in [2.24, 2.45) is 0 Å². The van der Waals surface area contributed by atoms with E-state index in [0.717, 1.165) is 6.07 Å². The van der Waals surface area contributed by atoms with Crippen LogP contribution in [0.15, 0.2) is 47.4 Å². The Bertz CT molecular complexity index is 926. The molecule has 2 aromatic rings. The van der Waals surface area contributed by atoms with Gasteiger partial charge in [-0.05, 0) is 48.9 Å². The molecule has 0 aliphatic rings. The molecule has 146 valence electrons. The highest BCUT2D eigenvalue weighted by Crippen LogP contribution is 2.21. The molecule has 0 aliphatic carbocycles. The van der Waals surface area contributed by atoms with Gasteiger partial charge in [-0.15, -0.1) is 0 Å². The lowest BCUT2D eigenvalue weighted by Crippen LogP contribution is -2.34. The van der Waals surface area contributed by atoms with Crippen molar-refractivity contribution in [3.8, 4) is 5.75 Å². The minimum absolute atomic E-state index is 0.156. The third kappa shape index (κ3) is 5.61. The highest BCUT2D eigenvalue weighted by atomic mass is 32.2. The van der Waals surface area contributed by atoms with Crippen LogP contribution < -0.4 is 14.8 Å². The molecule has 0 bridgehead atoms.